The number of alkyl halides is 4. The molecule has 1 aromatic rings. The Labute approximate surface area is 94.8 Å². The fraction of sp³-hybridized carbons (Fsp3) is 0.400. The van der Waals surface area contributed by atoms with Gasteiger partial charge in [-0.3, -0.25) is 0 Å². The van der Waals surface area contributed by atoms with Crippen LogP contribution in [0.5, 0.6) is 5.75 Å². The molecule has 0 saturated heterocycles. The van der Waals surface area contributed by atoms with Crippen LogP contribution in [0.2, 0.25) is 0 Å². The second-order valence-electron chi connectivity index (χ2n) is 3.31. The largest absolute Gasteiger partial charge is 0.434 e. The highest BCUT2D eigenvalue weighted by Gasteiger charge is 2.38. The van der Waals surface area contributed by atoms with Crippen molar-refractivity contribution in [2.24, 2.45) is 5.73 Å². The number of aliphatic hydroxyl groups is 1. The molecule has 0 aliphatic heterocycles. The lowest BCUT2D eigenvalue weighted by Gasteiger charge is -2.23. The monoisotopic (exact) mass is 253 g/mol. The van der Waals surface area contributed by atoms with Gasteiger partial charge in [0.1, 0.15) is 18.4 Å². The molecule has 0 aliphatic carbocycles. The van der Waals surface area contributed by atoms with E-state index in [1.54, 1.807) is 0 Å². The Balaban J connectivity index is 3.04. The molecule has 1 aromatic carbocycles. The van der Waals surface area contributed by atoms with Gasteiger partial charge in [-0.05, 0) is 6.07 Å². The number of benzene rings is 1. The van der Waals surface area contributed by atoms with Gasteiger partial charge < -0.3 is 15.6 Å². The minimum absolute atomic E-state index is 0.285. The zero-order valence-electron chi connectivity index (χ0n) is 8.62. The van der Waals surface area contributed by atoms with Crippen LogP contribution in [-0.4, -0.2) is 24.2 Å². The highest BCUT2D eigenvalue weighted by molar-refractivity contribution is 5.37. The van der Waals surface area contributed by atoms with E-state index in [2.05, 4.69) is 4.74 Å². The molecule has 0 unspecified atom stereocenters. The average molecular weight is 253 g/mol. The van der Waals surface area contributed by atoms with Crippen molar-refractivity contribution >= 4 is 0 Å². The summed E-state index contributed by atoms with van der Waals surface area (Å²) >= 11 is 0. The summed E-state index contributed by atoms with van der Waals surface area (Å²) < 4.78 is 54.4. The quantitative estimate of drug-likeness (QED) is 0.788. The van der Waals surface area contributed by atoms with Crippen molar-refractivity contribution in [3.8, 4) is 5.75 Å². The zero-order valence-corrected chi connectivity index (χ0v) is 8.62. The summed E-state index contributed by atoms with van der Waals surface area (Å²) in [6.07, 6.45) is 0. The van der Waals surface area contributed by atoms with Gasteiger partial charge in [0, 0.05) is 5.56 Å². The first-order valence-corrected chi connectivity index (χ1v) is 4.66. The smallest absolute Gasteiger partial charge is 0.387 e. The molecule has 0 saturated carbocycles. The van der Waals surface area contributed by atoms with E-state index in [1.807, 2.05) is 0 Å². The van der Waals surface area contributed by atoms with Crippen molar-refractivity contribution in [1.82, 2.24) is 0 Å². The van der Waals surface area contributed by atoms with Gasteiger partial charge in [-0.1, -0.05) is 18.2 Å². The zero-order chi connectivity index (χ0) is 13.1. The first kappa shape index (κ1) is 13.7. The fourth-order valence-electron chi connectivity index (χ4n) is 1.27. The fourth-order valence-corrected chi connectivity index (χ4v) is 1.27. The summed E-state index contributed by atoms with van der Waals surface area (Å²) in [5.74, 6) is -4.04. The molecule has 0 aromatic heterocycles. The SMILES string of the molecule is N[C@@H](c1ccccc1OC(F)F)C(F)(F)CO. The maximum absolute atomic E-state index is 13.1. The molecule has 0 aliphatic rings. The van der Waals surface area contributed by atoms with Crippen LogP contribution in [0.25, 0.3) is 0 Å². The second kappa shape index (κ2) is 5.33. The van der Waals surface area contributed by atoms with E-state index in [1.165, 1.54) is 12.1 Å². The van der Waals surface area contributed by atoms with Gasteiger partial charge in [-0.15, -0.1) is 0 Å². The molecule has 1 atom stereocenters. The number of hydrogen-bond donors (Lipinski definition) is 2. The molecule has 0 heterocycles. The molecule has 0 radical (unpaired) electrons. The number of para-hydroxylation sites is 1. The summed E-state index contributed by atoms with van der Waals surface area (Å²) in [5.41, 5.74) is 4.94. The van der Waals surface area contributed by atoms with Crippen molar-refractivity contribution in [3.05, 3.63) is 29.8 Å². The lowest BCUT2D eigenvalue weighted by molar-refractivity contribution is -0.0757. The van der Waals surface area contributed by atoms with E-state index < -0.39 is 30.9 Å². The molecular formula is C10H11F4NO2. The Morgan fingerprint density at radius 2 is 1.88 bits per heavy atom. The lowest BCUT2D eigenvalue weighted by atomic mass is 10.0. The molecular weight excluding hydrogens is 242 g/mol. The van der Waals surface area contributed by atoms with Crippen molar-refractivity contribution in [2.45, 2.75) is 18.6 Å². The molecule has 3 nitrogen and oxygen atoms in total. The van der Waals surface area contributed by atoms with Gasteiger partial charge in [0.05, 0.1) is 0 Å². The van der Waals surface area contributed by atoms with Crippen molar-refractivity contribution < 1.29 is 27.4 Å². The normalized spacial score (nSPS) is 13.8. The van der Waals surface area contributed by atoms with Crippen molar-refractivity contribution in [1.29, 1.82) is 0 Å². The standard InChI is InChI=1S/C10H11F4NO2/c11-9(12)17-7-4-2-1-3-6(7)8(15)10(13,14)5-16/h1-4,8-9,16H,5,15H2/t8-/m0/s1. The molecule has 1 rings (SSSR count). The second-order valence-corrected chi connectivity index (χ2v) is 3.31. The van der Waals surface area contributed by atoms with E-state index in [0.717, 1.165) is 12.1 Å². The van der Waals surface area contributed by atoms with Crippen LogP contribution in [0.15, 0.2) is 24.3 Å². The molecule has 3 N–H and O–H groups in total. The number of rotatable bonds is 5. The van der Waals surface area contributed by atoms with E-state index >= 15 is 0 Å². The van der Waals surface area contributed by atoms with Crippen LogP contribution in [0.1, 0.15) is 11.6 Å². The maximum atomic E-state index is 13.1. The minimum atomic E-state index is -3.61. The van der Waals surface area contributed by atoms with Gasteiger partial charge in [-0.2, -0.15) is 8.78 Å². The summed E-state index contributed by atoms with van der Waals surface area (Å²) in [6, 6.07) is 3.05. The Morgan fingerprint density at radius 1 is 1.29 bits per heavy atom. The van der Waals surface area contributed by atoms with Crippen molar-refractivity contribution in [3.63, 3.8) is 0 Å². The first-order chi connectivity index (χ1) is 7.88. The van der Waals surface area contributed by atoms with Gasteiger partial charge in [0.2, 0.25) is 0 Å². The third-order valence-electron chi connectivity index (χ3n) is 2.14. The molecule has 96 valence electrons. The lowest BCUT2D eigenvalue weighted by Crippen LogP contribution is -2.36. The molecule has 0 fully saturated rings. The molecule has 0 spiro atoms. The third-order valence-corrected chi connectivity index (χ3v) is 2.14. The predicted octanol–water partition coefficient (Wildman–Crippen LogP) is 1.92. The highest BCUT2D eigenvalue weighted by atomic mass is 19.3. The van der Waals surface area contributed by atoms with Crippen LogP contribution >= 0.6 is 0 Å². The molecule has 17 heavy (non-hydrogen) atoms. The molecule has 0 amide bonds. The predicted molar refractivity (Wildman–Crippen MR) is 52.0 cm³/mol. The van der Waals surface area contributed by atoms with Crippen LogP contribution in [0, 0.1) is 0 Å². The number of hydrogen-bond acceptors (Lipinski definition) is 3. The summed E-state index contributed by atoms with van der Waals surface area (Å²) in [4.78, 5) is 0. The Hall–Kier alpha value is -1.34. The summed E-state index contributed by atoms with van der Waals surface area (Å²) in [7, 11) is 0. The Bertz CT molecular complexity index is 373. The minimum Gasteiger partial charge on any atom is -0.434 e. The van der Waals surface area contributed by atoms with Crippen molar-refractivity contribution in [2.75, 3.05) is 6.61 Å². The van der Waals surface area contributed by atoms with E-state index in [9.17, 15) is 17.6 Å². The van der Waals surface area contributed by atoms with Crippen LogP contribution in [0.4, 0.5) is 17.6 Å². The highest BCUT2D eigenvalue weighted by Crippen LogP contribution is 2.34. The van der Waals surface area contributed by atoms with Crippen LogP contribution in [0.3, 0.4) is 0 Å². The number of aliphatic hydroxyl groups excluding tert-OH is 1. The third kappa shape index (κ3) is 3.31. The number of nitrogens with two attached hydrogens (primary N) is 1. The van der Waals surface area contributed by atoms with Crippen LogP contribution < -0.4 is 10.5 Å². The van der Waals surface area contributed by atoms with E-state index in [4.69, 9.17) is 10.8 Å². The topological polar surface area (TPSA) is 55.5 Å². The Morgan fingerprint density at radius 3 is 2.41 bits per heavy atom. The van der Waals surface area contributed by atoms with Gasteiger partial charge >= 0.3 is 6.61 Å². The average Bonchev–Trinajstić information content (AvgIpc) is 2.28. The van der Waals surface area contributed by atoms with Gasteiger partial charge in [-0.25, -0.2) is 8.78 Å². The molecule has 0 bridgehead atoms. The van der Waals surface area contributed by atoms with Gasteiger partial charge in [0.25, 0.3) is 5.92 Å². The van der Waals surface area contributed by atoms with Crippen LogP contribution in [-0.2, 0) is 0 Å². The summed E-state index contributed by atoms with van der Waals surface area (Å²) in [5, 5.41) is 8.48. The number of ether oxygens (including phenoxy) is 1. The van der Waals surface area contributed by atoms with E-state index in [0.29, 0.717) is 0 Å². The first-order valence-electron chi connectivity index (χ1n) is 4.66. The molecule has 7 heteroatoms. The Kier molecular flexibility index (Phi) is 4.30. The van der Waals surface area contributed by atoms with Gasteiger partial charge in [0.15, 0.2) is 0 Å². The van der Waals surface area contributed by atoms with E-state index in [-0.39, 0.29) is 5.56 Å². The maximum Gasteiger partial charge on any atom is 0.387 e. The number of halogens is 4. The summed E-state index contributed by atoms with van der Waals surface area (Å²) in [6.45, 7) is -4.61.